The van der Waals surface area contributed by atoms with Gasteiger partial charge in [-0.3, -0.25) is 4.98 Å². The van der Waals surface area contributed by atoms with E-state index in [4.69, 9.17) is 5.73 Å². The second-order valence-electron chi connectivity index (χ2n) is 5.38. The summed E-state index contributed by atoms with van der Waals surface area (Å²) in [7, 11) is 0. The summed E-state index contributed by atoms with van der Waals surface area (Å²) in [6, 6.07) is 8.15. The van der Waals surface area contributed by atoms with Gasteiger partial charge in [0, 0.05) is 23.0 Å². The van der Waals surface area contributed by atoms with E-state index < -0.39 is 0 Å². The predicted octanol–water partition coefficient (Wildman–Crippen LogP) is 4.24. The molecule has 0 unspecified atom stereocenters. The van der Waals surface area contributed by atoms with Gasteiger partial charge in [-0.05, 0) is 48.3 Å². The van der Waals surface area contributed by atoms with Gasteiger partial charge in [0.2, 0.25) is 0 Å². The Balaban J connectivity index is 1.72. The smallest absolute Gasteiger partial charge is 0.0763 e. The number of nitrogen functional groups attached to an aromatic ring is 1. The molecule has 2 nitrogen and oxygen atoms in total. The zero-order valence-corrected chi connectivity index (χ0v) is 12.0. The Morgan fingerprint density at radius 2 is 2.05 bits per heavy atom. The third-order valence-electron chi connectivity index (χ3n) is 3.97. The number of hydrogen-bond donors (Lipinski definition) is 1. The molecule has 0 saturated heterocycles. The first-order valence-electron chi connectivity index (χ1n) is 7.04. The van der Waals surface area contributed by atoms with Gasteiger partial charge in [0.1, 0.15) is 0 Å². The van der Waals surface area contributed by atoms with Crippen LogP contribution in [0.5, 0.6) is 0 Å². The van der Waals surface area contributed by atoms with Gasteiger partial charge in [-0.15, -0.1) is 0 Å². The molecule has 2 aromatic rings. The van der Waals surface area contributed by atoms with Crippen molar-refractivity contribution in [3.63, 3.8) is 0 Å². The van der Waals surface area contributed by atoms with Gasteiger partial charge < -0.3 is 5.73 Å². The van der Waals surface area contributed by atoms with Crippen LogP contribution in [0.25, 0.3) is 10.9 Å². The Morgan fingerprint density at radius 3 is 2.89 bits per heavy atom. The molecule has 0 spiro atoms. The summed E-state index contributed by atoms with van der Waals surface area (Å²) in [6.45, 7) is 0. The number of thioether (sulfide) groups is 1. The number of rotatable bonds is 4. The molecule has 0 aliphatic heterocycles. The van der Waals surface area contributed by atoms with E-state index in [2.05, 4.69) is 17.1 Å². The average molecular weight is 272 g/mol. The molecule has 1 aliphatic carbocycles. The SMILES string of the molecule is Nc1ccc(CSCC2CCCC2)c2ncccc12. The highest BCUT2D eigenvalue weighted by Gasteiger charge is 2.15. The monoisotopic (exact) mass is 272 g/mol. The molecule has 0 atom stereocenters. The lowest BCUT2D eigenvalue weighted by Gasteiger charge is -2.10. The van der Waals surface area contributed by atoms with Crippen LogP contribution in [-0.2, 0) is 5.75 Å². The summed E-state index contributed by atoms with van der Waals surface area (Å²) >= 11 is 2.04. The van der Waals surface area contributed by atoms with Crippen LogP contribution in [0.2, 0.25) is 0 Å². The fraction of sp³-hybridized carbons (Fsp3) is 0.438. The van der Waals surface area contributed by atoms with Crippen molar-refractivity contribution >= 4 is 28.4 Å². The molecule has 1 heterocycles. The molecule has 0 amide bonds. The Labute approximate surface area is 118 Å². The Hall–Kier alpha value is -1.22. The van der Waals surface area contributed by atoms with Crippen molar-refractivity contribution < 1.29 is 0 Å². The first-order valence-corrected chi connectivity index (χ1v) is 8.20. The molecule has 1 saturated carbocycles. The molecule has 3 rings (SSSR count). The minimum atomic E-state index is 0.827. The van der Waals surface area contributed by atoms with Gasteiger partial charge in [-0.1, -0.05) is 18.9 Å². The van der Waals surface area contributed by atoms with Gasteiger partial charge >= 0.3 is 0 Å². The van der Waals surface area contributed by atoms with Gasteiger partial charge in [0.05, 0.1) is 5.52 Å². The second-order valence-corrected chi connectivity index (χ2v) is 6.41. The minimum Gasteiger partial charge on any atom is -0.398 e. The number of anilines is 1. The lowest BCUT2D eigenvalue weighted by molar-refractivity contribution is 0.623. The maximum absolute atomic E-state index is 6.01. The fourth-order valence-electron chi connectivity index (χ4n) is 2.88. The normalized spacial score (nSPS) is 16.2. The average Bonchev–Trinajstić information content (AvgIpc) is 2.95. The van der Waals surface area contributed by atoms with E-state index in [0.29, 0.717) is 0 Å². The Bertz CT molecular complexity index is 562. The molecule has 0 radical (unpaired) electrons. The molecule has 2 N–H and O–H groups in total. The number of pyridine rings is 1. The lowest BCUT2D eigenvalue weighted by atomic mass is 10.1. The van der Waals surface area contributed by atoms with Gasteiger partial charge in [-0.25, -0.2) is 0 Å². The van der Waals surface area contributed by atoms with E-state index in [-0.39, 0.29) is 0 Å². The summed E-state index contributed by atoms with van der Waals surface area (Å²) in [6.07, 6.45) is 7.56. The third kappa shape index (κ3) is 2.86. The Morgan fingerprint density at radius 1 is 1.21 bits per heavy atom. The zero-order chi connectivity index (χ0) is 13.1. The van der Waals surface area contributed by atoms with Gasteiger partial charge in [-0.2, -0.15) is 11.8 Å². The highest BCUT2D eigenvalue weighted by Crippen LogP contribution is 2.30. The van der Waals surface area contributed by atoms with Crippen LogP contribution in [0, 0.1) is 5.92 Å². The van der Waals surface area contributed by atoms with Gasteiger partial charge in [0.15, 0.2) is 0 Å². The quantitative estimate of drug-likeness (QED) is 0.846. The van der Waals surface area contributed by atoms with E-state index in [9.17, 15) is 0 Å². The standard InChI is InChI=1S/C16H20N2S/c17-15-8-7-13(16-14(15)6-3-9-18-16)11-19-10-12-4-1-2-5-12/h3,6-9,12H,1-2,4-5,10-11,17H2. The van der Waals surface area contributed by atoms with Crippen molar-refractivity contribution in [2.24, 2.45) is 5.92 Å². The van der Waals surface area contributed by atoms with Crippen molar-refractivity contribution in [2.75, 3.05) is 11.5 Å². The zero-order valence-electron chi connectivity index (χ0n) is 11.1. The molecular weight excluding hydrogens is 252 g/mol. The topological polar surface area (TPSA) is 38.9 Å². The van der Waals surface area contributed by atoms with Crippen LogP contribution >= 0.6 is 11.8 Å². The summed E-state index contributed by atoms with van der Waals surface area (Å²) in [5.74, 6) is 3.28. The molecule has 1 aliphatic rings. The molecule has 1 aromatic carbocycles. The predicted molar refractivity (Wildman–Crippen MR) is 84.3 cm³/mol. The maximum atomic E-state index is 6.01. The van der Waals surface area contributed by atoms with Crippen molar-refractivity contribution in [3.05, 3.63) is 36.0 Å². The van der Waals surface area contributed by atoms with Crippen LogP contribution in [0.15, 0.2) is 30.5 Å². The summed E-state index contributed by atoms with van der Waals surface area (Å²) in [5.41, 5.74) is 9.22. The van der Waals surface area contributed by atoms with E-state index in [1.165, 1.54) is 37.0 Å². The number of aromatic nitrogens is 1. The fourth-order valence-corrected chi connectivity index (χ4v) is 4.12. The summed E-state index contributed by atoms with van der Waals surface area (Å²) in [5, 5.41) is 1.08. The van der Waals surface area contributed by atoms with Crippen LogP contribution in [-0.4, -0.2) is 10.7 Å². The van der Waals surface area contributed by atoms with Crippen LogP contribution in [0.4, 0.5) is 5.69 Å². The Kier molecular flexibility index (Phi) is 3.92. The summed E-state index contributed by atoms with van der Waals surface area (Å²) < 4.78 is 0. The number of hydrogen-bond acceptors (Lipinski definition) is 3. The van der Waals surface area contributed by atoms with Crippen molar-refractivity contribution in [1.82, 2.24) is 4.98 Å². The molecule has 100 valence electrons. The third-order valence-corrected chi connectivity index (χ3v) is 5.20. The molecular formula is C16H20N2S. The second kappa shape index (κ2) is 5.83. The number of fused-ring (bicyclic) bond motifs is 1. The van der Waals surface area contributed by atoms with E-state index in [0.717, 1.165) is 28.3 Å². The first kappa shape index (κ1) is 12.8. The molecule has 1 aromatic heterocycles. The highest BCUT2D eigenvalue weighted by atomic mass is 32.2. The van der Waals surface area contributed by atoms with Crippen LogP contribution < -0.4 is 5.73 Å². The van der Waals surface area contributed by atoms with Crippen LogP contribution in [0.1, 0.15) is 31.2 Å². The minimum absolute atomic E-state index is 0.827. The van der Waals surface area contributed by atoms with Crippen molar-refractivity contribution in [1.29, 1.82) is 0 Å². The van der Waals surface area contributed by atoms with Crippen molar-refractivity contribution in [3.8, 4) is 0 Å². The maximum Gasteiger partial charge on any atom is 0.0763 e. The summed E-state index contributed by atoms with van der Waals surface area (Å²) in [4.78, 5) is 4.50. The van der Waals surface area contributed by atoms with Crippen LogP contribution in [0.3, 0.4) is 0 Å². The first-order chi connectivity index (χ1) is 9.34. The number of nitrogens with zero attached hydrogens (tertiary/aromatic N) is 1. The highest BCUT2D eigenvalue weighted by molar-refractivity contribution is 7.98. The molecule has 3 heteroatoms. The molecule has 1 fully saturated rings. The number of benzene rings is 1. The molecule has 19 heavy (non-hydrogen) atoms. The van der Waals surface area contributed by atoms with Gasteiger partial charge in [0.25, 0.3) is 0 Å². The van der Waals surface area contributed by atoms with Crippen molar-refractivity contribution in [2.45, 2.75) is 31.4 Å². The van der Waals surface area contributed by atoms with E-state index in [1.807, 2.05) is 30.1 Å². The van der Waals surface area contributed by atoms with E-state index in [1.54, 1.807) is 0 Å². The number of nitrogens with two attached hydrogens (primary N) is 1. The van der Waals surface area contributed by atoms with E-state index >= 15 is 0 Å². The lowest BCUT2D eigenvalue weighted by Crippen LogP contribution is -1.98. The largest absolute Gasteiger partial charge is 0.398 e. The molecule has 0 bridgehead atoms.